The normalized spacial score (nSPS) is 16.4. The van der Waals surface area contributed by atoms with Crippen LogP contribution in [0.25, 0.3) is 0 Å². The molecule has 6 heteroatoms. The average molecular weight is 273 g/mol. The summed E-state index contributed by atoms with van der Waals surface area (Å²) in [6, 6.07) is 1.84. The molecule has 1 aliphatic heterocycles. The highest BCUT2D eigenvalue weighted by atomic mass is 35.5. The molecule has 0 aliphatic carbocycles. The number of rotatable bonds is 5. The summed E-state index contributed by atoms with van der Waals surface area (Å²) in [5.41, 5.74) is 0. The smallest absolute Gasteiger partial charge is 0.225 e. The molecule has 1 fully saturated rings. The predicted octanol–water partition coefficient (Wildman–Crippen LogP) is 0.793. The Hall–Kier alpha value is -0.910. The van der Waals surface area contributed by atoms with Crippen LogP contribution in [0.5, 0.6) is 0 Å². The summed E-state index contributed by atoms with van der Waals surface area (Å²) in [5.74, 6) is 0.836. The molecule has 1 aliphatic rings. The topological polar surface area (TPSA) is 52.5 Å². The van der Waals surface area contributed by atoms with Crippen LogP contribution >= 0.6 is 12.4 Å². The van der Waals surface area contributed by atoms with Crippen LogP contribution in [0.2, 0.25) is 0 Å². The van der Waals surface area contributed by atoms with Gasteiger partial charge >= 0.3 is 0 Å². The molecular formula is C12H21ClN4O. The molecule has 0 atom stereocenters. The van der Waals surface area contributed by atoms with E-state index in [0.29, 0.717) is 6.61 Å². The molecule has 18 heavy (non-hydrogen) atoms. The first-order chi connectivity index (χ1) is 8.40. The zero-order chi connectivity index (χ0) is 11.9. The number of hydrogen-bond acceptors (Lipinski definition) is 5. The molecule has 2 heterocycles. The van der Waals surface area contributed by atoms with Crippen molar-refractivity contribution < 1.29 is 5.11 Å². The minimum absolute atomic E-state index is 0. The van der Waals surface area contributed by atoms with Gasteiger partial charge in [0.1, 0.15) is 0 Å². The Kier molecular flexibility index (Phi) is 6.93. The quantitative estimate of drug-likeness (QED) is 0.804. The summed E-state index contributed by atoms with van der Waals surface area (Å²) in [6.07, 6.45) is 5.56. The van der Waals surface area contributed by atoms with Gasteiger partial charge in [0.2, 0.25) is 5.95 Å². The lowest BCUT2D eigenvalue weighted by molar-refractivity contribution is 0.232. The Morgan fingerprint density at radius 3 is 2.33 bits per heavy atom. The maximum Gasteiger partial charge on any atom is 0.225 e. The van der Waals surface area contributed by atoms with Gasteiger partial charge in [-0.1, -0.05) is 0 Å². The number of nitrogens with zero attached hydrogens (tertiary/aromatic N) is 4. The van der Waals surface area contributed by atoms with Crippen LogP contribution in [0.3, 0.4) is 0 Å². The standard InChI is InChI=1S/C12H20N4O.ClH/c17-11-2-1-6-15-7-9-16(10-8-15)12-13-4-3-5-14-12;/h3-5,17H,1-2,6-11H2;1H. The van der Waals surface area contributed by atoms with E-state index in [-0.39, 0.29) is 12.4 Å². The average Bonchev–Trinajstić information content (AvgIpc) is 2.41. The maximum absolute atomic E-state index is 8.74. The second-order valence-electron chi connectivity index (χ2n) is 4.31. The van der Waals surface area contributed by atoms with E-state index < -0.39 is 0 Å². The highest BCUT2D eigenvalue weighted by molar-refractivity contribution is 5.85. The van der Waals surface area contributed by atoms with Gasteiger partial charge < -0.3 is 10.0 Å². The van der Waals surface area contributed by atoms with E-state index in [1.807, 2.05) is 6.07 Å². The van der Waals surface area contributed by atoms with Crippen molar-refractivity contribution >= 4 is 18.4 Å². The Balaban J connectivity index is 0.00000162. The van der Waals surface area contributed by atoms with Gasteiger partial charge in [0.25, 0.3) is 0 Å². The molecule has 0 aromatic carbocycles. The lowest BCUT2D eigenvalue weighted by Gasteiger charge is -2.34. The molecule has 0 saturated carbocycles. The van der Waals surface area contributed by atoms with Crippen molar-refractivity contribution in [1.29, 1.82) is 0 Å². The molecule has 1 aromatic heterocycles. The van der Waals surface area contributed by atoms with E-state index in [1.165, 1.54) is 0 Å². The second-order valence-corrected chi connectivity index (χ2v) is 4.31. The van der Waals surface area contributed by atoms with Gasteiger partial charge in [-0.25, -0.2) is 9.97 Å². The number of aromatic nitrogens is 2. The van der Waals surface area contributed by atoms with Crippen molar-refractivity contribution in [3.63, 3.8) is 0 Å². The number of hydrogen-bond donors (Lipinski definition) is 1. The fourth-order valence-corrected chi connectivity index (χ4v) is 2.07. The van der Waals surface area contributed by atoms with Gasteiger partial charge in [0, 0.05) is 45.2 Å². The lowest BCUT2D eigenvalue weighted by Crippen LogP contribution is -2.47. The van der Waals surface area contributed by atoms with E-state index in [0.717, 1.165) is 51.5 Å². The number of aliphatic hydroxyl groups is 1. The van der Waals surface area contributed by atoms with Gasteiger partial charge in [0.15, 0.2) is 0 Å². The van der Waals surface area contributed by atoms with E-state index in [9.17, 15) is 0 Å². The molecule has 5 nitrogen and oxygen atoms in total. The Bertz CT molecular complexity index is 317. The van der Waals surface area contributed by atoms with Gasteiger partial charge in [-0.3, -0.25) is 4.90 Å². The fraction of sp³-hybridized carbons (Fsp3) is 0.667. The Morgan fingerprint density at radius 1 is 1.06 bits per heavy atom. The van der Waals surface area contributed by atoms with Crippen LogP contribution in [0.1, 0.15) is 12.8 Å². The van der Waals surface area contributed by atoms with E-state index >= 15 is 0 Å². The summed E-state index contributed by atoms with van der Waals surface area (Å²) in [5, 5.41) is 8.74. The monoisotopic (exact) mass is 272 g/mol. The molecule has 1 aromatic rings. The van der Waals surface area contributed by atoms with Gasteiger partial charge in [0.05, 0.1) is 0 Å². The zero-order valence-corrected chi connectivity index (χ0v) is 11.3. The zero-order valence-electron chi connectivity index (χ0n) is 10.5. The number of unbranched alkanes of at least 4 members (excludes halogenated alkanes) is 1. The molecule has 0 amide bonds. The predicted molar refractivity (Wildman–Crippen MR) is 74.3 cm³/mol. The second kappa shape index (κ2) is 8.24. The third-order valence-corrected chi connectivity index (χ3v) is 3.09. The first-order valence-corrected chi connectivity index (χ1v) is 6.25. The largest absolute Gasteiger partial charge is 0.396 e. The summed E-state index contributed by atoms with van der Waals surface area (Å²) in [7, 11) is 0. The van der Waals surface area contributed by atoms with Crippen molar-refractivity contribution in [2.75, 3.05) is 44.2 Å². The highest BCUT2D eigenvalue weighted by Crippen LogP contribution is 2.09. The molecule has 0 radical (unpaired) electrons. The van der Waals surface area contributed by atoms with Crippen molar-refractivity contribution in [3.8, 4) is 0 Å². The number of aliphatic hydroxyl groups excluding tert-OH is 1. The van der Waals surface area contributed by atoms with Crippen molar-refractivity contribution in [3.05, 3.63) is 18.5 Å². The van der Waals surface area contributed by atoms with E-state index in [1.54, 1.807) is 12.4 Å². The van der Waals surface area contributed by atoms with Crippen molar-refractivity contribution in [2.24, 2.45) is 0 Å². The Morgan fingerprint density at radius 2 is 1.72 bits per heavy atom. The van der Waals surface area contributed by atoms with Gasteiger partial charge in [-0.15, -0.1) is 12.4 Å². The highest BCUT2D eigenvalue weighted by Gasteiger charge is 2.17. The Labute approximate surface area is 114 Å². The maximum atomic E-state index is 8.74. The van der Waals surface area contributed by atoms with Gasteiger partial charge in [-0.05, 0) is 25.5 Å². The molecule has 0 bridgehead atoms. The van der Waals surface area contributed by atoms with Crippen LogP contribution in [-0.4, -0.2) is 59.3 Å². The van der Waals surface area contributed by atoms with Crippen molar-refractivity contribution in [2.45, 2.75) is 12.8 Å². The first-order valence-electron chi connectivity index (χ1n) is 6.25. The molecule has 0 unspecified atom stereocenters. The van der Waals surface area contributed by atoms with Crippen LogP contribution in [0.15, 0.2) is 18.5 Å². The van der Waals surface area contributed by atoms with Crippen LogP contribution in [0, 0.1) is 0 Å². The molecular weight excluding hydrogens is 252 g/mol. The minimum atomic E-state index is 0. The molecule has 1 saturated heterocycles. The summed E-state index contributed by atoms with van der Waals surface area (Å²) < 4.78 is 0. The van der Waals surface area contributed by atoms with Crippen LogP contribution < -0.4 is 4.90 Å². The summed E-state index contributed by atoms with van der Waals surface area (Å²) >= 11 is 0. The van der Waals surface area contributed by atoms with E-state index in [2.05, 4.69) is 19.8 Å². The minimum Gasteiger partial charge on any atom is -0.396 e. The number of piperazine rings is 1. The van der Waals surface area contributed by atoms with Gasteiger partial charge in [-0.2, -0.15) is 0 Å². The fourth-order valence-electron chi connectivity index (χ4n) is 2.07. The molecule has 0 spiro atoms. The number of halogens is 1. The lowest BCUT2D eigenvalue weighted by atomic mass is 10.2. The number of anilines is 1. The summed E-state index contributed by atoms with van der Waals surface area (Å²) in [4.78, 5) is 13.2. The van der Waals surface area contributed by atoms with E-state index in [4.69, 9.17) is 5.11 Å². The first kappa shape index (κ1) is 15.1. The third-order valence-electron chi connectivity index (χ3n) is 3.09. The SMILES string of the molecule is Cl.OCCCCN1CCN(c2ncccn2)CC1. The van der Waals surface area contributed by atoms with Crippen molar-refractivity contribution in [1.82, 2.24) is 14.9 Å². The van der Waals surface area contributed by atoms with Crippen LogP contribution in [0.4, 0.5) is 5.95 Å². The molecule has 102 valence electrons. The van der Waals surface area contributed by atoms with Crippen LogP contribution in [-0.2, 0) is 0 Å². The third kappa shape index (κ3) is 4.40. The molecule has 1 N–H and O–H groups in total. The summed E-state index contributed by atoms with van der Waals surface area (Å²) in [6.45, 7) is 5.49. The molecule has 2 rings (SSSR count).